The second kappa shape index (κ2) is 5.51. The third-order valence-electron chi connectivity index (χ3n) is 2.91. The van der Waals surface area contributed by atoms with Crippen molar-refractivity contribution in [3.05, 3.63) is 70.0 Å². The predicted molar refractivity (Wildman–Crippen MR) is 71.3 cm³/mol. The summed E-state index contributed by atoms with van der Waals surface area (Å²) >= 11 is 5.80. The zero-order chi connectivity index (χ0) is 13.1. The zero-order valence-electron chi connectivity index (χ0n) is 10.0. The summed E-state index contributed by atoms with van der Waals surface area (Å²) in [5.41, 5.74) is 2.26. The van der Waals surface area contributed by atoms with E-state index in [2.05, 4.69) is 0 Å². The van der Waals surface area contributed by atoms with Gasteiger partial charge in [-0.15, -0.1) is 0 Å². The van der Waals surface area contributed by atoms with E-state index in [0.29, 0.717) is 17.0 Å². The van der Waals surface area contributed by atoms with Gasteiger partial charge in [-0.25, -0.2) is 4.39 Å². The van der Waals surface area contributed by atoms with Crippen molar-refractivity contribution in [3.63, 3.8) is 0 Å². The van der Waals surface area contributed by atoms with Crippen LogP contribution in [0.4, 0.5) is 4.39 Å². The minimum Gasteiger partial charge on any atom is -0.388 e. The quantitative estimate of drug-likeness (QED) is 0.886. The number of aryl methyl sites for hydroxylation is 1. The minimum absolute atomic E-state index is 0.252. The van der Waals surface area contributed by atoms with Crippen LogP contribution in [0.3, 0.4) is 0 Å². The molecule has 0 aliphatic rings. The smallest absolute Gasteiger partial charge is 0.126 e. The molecule has 1 atom stereocenters. The first kappa shape index (κ1) is 13.1. The molecule has 1 nitrogen and oxygen atoms in total. The Morgan fingerprint density at radius 2 is 1.83 bits per heavy atom. The Morgan fingerprint density at radius 3 is 2.44 bits per heavy atom. The molecule has 0 aliphatic carbocycles. The highest BCUT2D eigenvalue weighted by Crippen LogP contribution is 2.21. The van der Waals surface area contributed by atoms with Crippen molar-refractivity contribution in [2.45, 2.75) is 19.4 Å². The Hall–Kier alpha value is -1.38. The molecule has 18 heavy (non-hydrogen) atoms. The fraction of sp³-hybridized carbons (Fsp3) is 0.200. The average Bonchev–Trinajstić information content (AvgIpc) is 2.35. The molecule has 0 aliphatic heterocycles. The first-order valence-corrected chi connectivity index (χ1v) is 6.12. The molecule has 94 valence electrons. The van der Waals surface area contributed by atoms with E-state index in [-0.39, 0.29) is 5.82 Å². The lowest BCUT2D eigenvalue weighted by molar-refractivity contribution is 0.178. The summed E-state index contributed by atoms with van der Waals surface area (Å²) in [5.74, 6) is -0.252. The van der Waals surface area contributed by atoms with E-state index in [1.165, 1.54) is 6.07 Å². The van der Waals surface area contributed by atoms with E-state index in [1.807, 2.05) is 12.1 Å². The molecule has 2 aromatic carbocycles. The van der Waals surface area contributed by atoms with E-state index in [9.17, 15) is 9.50 Å². The van der Waals surface area contributed by atoms with Crippen molar-refractivity contribution in [2.24, 2.45) is 0 Å². The summed E-state index contributed by atoms with van der Waals surface area (Å²) < 4.78 is 13.1. The van der Waals surface area contributed by atoms with Crippen LogP contribution in [-0.4, -0.2) is 5.11 Å². The first-order valence-electron chi connectivity index (χ1n) is 5.75. The molecular weight excluding hydrogens is 251 g/mol. The highest BCUT2D eigenvalue weighted by atomic mass is 35.5. The molecule has 0 bridgehead atoms. The SMILES string of the molecule is Cc1cc(C(O)Cc2ccc(Cl)cc2)ccc1F. The lowest BCUT2D eigenvalue weighted by atomic mass is 10.00. The van der Waals surface area contributed by atoms with Crippen molar-refractivity contribution in [1.29, 1.82) is 0 Å². The molecule has 0 aromatic heterocycles. The Kier molecular flexibility index (Phi) is 4.00. The van der Waals surface area contributed by atoms with Gasteiger partial charge in [0.1, 0.15) is 5.82 Å². The van der Waals surface area contributed by atoms with E-state index >= 15 is 0 Å². The summed E-state index contributed by atoms with van der Waals surface area (Å²) in [4.78, 5) is 0. The molecule has 1 unspecified atom stereocenters. The van der Waals surface area contributed by atoms with Crippen LogP contribution >= 0.6 is 11.6 Å². The van der Waals surface area contributed by atoms with Gasteiger partial charge in [0.15, 0.2) is 0 Å². The molecule has 0 amide bonds. The van der Waals surface area contributed by atoms with Gasteiger partial charge >= 0.3 is 0 Å². The maximum absolute atomic E-state index is 13.1. The van der Waals surface area contributed by atoms with E-state index < -0.39 is 6.10 Å². The molecule has 2 rings (SSSR count). The molecular formula is C15H14ClFO. The van der Waals surface area contributed by atoms with E-state index in [1.54, 1.807) is 31.2 Å². The molecule has 0 saturated carbocycles. The molecule has 0 heterocycles. The number of halogens is 2. The number of hydrogen-bond acceptors (Lipinski definition) is 1. The van der Waals surface area contributed by atoms with Crippen molar-refractivity contribution < 1.29 is 9.50 Å². The van der Waals surface area contributed by atoms with Crippen LogP contribution in [0.5, 0.6) is 0 Å². The lowest BCUT2D eigenvalue weighted by Gasteiger charge is -2.12. The average molecular weight is 265 g/mol. The molecule has 0 saturated heterocycles. The number of aliphatic hydroxyl groups excluding tert-OH is 1. The fourth-order valence-corrected chi connectivity index (χ4v) is 1.96. The second-order valence-corrected chi connectivity index (χ2v) is 4.79. The summed E-state index contributed by atoms with van der Waals surface area (Å²) in [5, 5.41) is 10.8. The summed E-state index contributed by atoms with van der Waals surface area (Å²) in [7, 11) is 0. The molecule has 3 heteroatoms. The summed E-state index contributed by atoms with van der Waals surface area (Å²) in [6.45, 7) is 1.69. The third-order valence-corrected chi connectivity index (χ3v) is 3.16. The Morgan fingerprint density at radius 1 is 1.17 bits per heavy atom. The number of hydrogen-bond donors (Lipinski definition) is 1. The molecule has 1 N–H and O–H groups in total. The van der Waals surface area contributed by atoms with Gasteiger partial charge in [0.05, 0.1) is 6.10 Å². The lowest BCUT2D eigenvalue weighted by Crippen LogP contribution is -2.02. The molecule has 0 fully saturated rings. The van der Waals surface area contributed by atoms with Gasteiger partial charge in [0, 0.05) is 11.4 Å². The molecule has 2 aromatic rings. The van der Waals surface area contributed by atoms with Gasteiger partial charge in [-0.3, -0.25) is 0 Å². The van der Waals surface area contributed by atoms with Crippen LogP contribution in [-0.2, 0) is 6.42 Å². The van der Waals surface area contributed by atoms with Crippen LogP contribution in [0.2, 0.25) is 5.02 Å². The van der Waals surface area contributed by atoms with Crippen molar-refractivity contribution >= 4 is 11.6 Å². The Labute approximate surface area is 111 Å². The highest BCUT2D eigenvalue weighted by molar-refractivity contribution is 6.30. The zero-order valence-corrected chi connectivity index (χ0v) is 10.8. The maximum Gasteiger partial charge on any atom is 0.126 e. The van der Waals surface area contributed by atoms with Crippen LogP contribution in [0.1, 0.15) is 22.8 Å². The summed E-state index contributed by atoms with van der Waals surface area (Å²) in [6, 6.07) is 12.0. The van der Waals surface area contributed by atoms with Crippen molar-refractivity contribution in [3.8, 4) is 0 Å². The largest absolute Gasteiger partial charge is 0.388 e. The monoisotopic (exact) mass is 264 g/mol. The van der Waals surface area contributed by atoms with Gasteiger partial charge < -0.3 is 5.11 Å². The number of benzene rings is 2. The van der Waals surface area contributed by atoms with Gasteiger partial charge in [0.2, 0.25) is 0 Å². The Balaban J connectivity index is 2.13. The van der Waals surface area contributed by atoms with Crippen LogP contribution in [0.25, 0.3) is 0 Å². The number of rotatable bonds is 3. The van der Waals surface area contributed by atoms with Gasteiger partial charge in [0.25, 0.3) is 0 Å². The molecule has 0 spiro atoms. The minimum atomic E-state index is -0.634. The van der Waals surface area contributed by atoms with Gasteiger partial charge in [-0.1, -0.05) is 35.9 Å². The second-order valence-electron chi connectivity index (χ2n) is 4.36. The molecule has 0 radical (unpaired) electrons. The van der Waals surface area contributed by atoms with E-state index in [0.717, 1.165) is 11.1 Å². The summed E-state index contributed by atoms with van der Waals surface area (Å²) in [6.07, 6.45) is -0.145. The van der Waals surface area contributed by atoms with Crippen LogP contribution < -0.4 is 0 Å². The predicted octanol–water partition coefficient (Wildman–Crippen LogP) is 4.06. The fourth-order valence-electron chi connectivity index (χ4n) is 1.84. The van der Waals surface area contributed by atoms with Crippen molar-refractivity contribution in [2.75, 3.05) is 0 Å². The normalized spacial score (nSPS) is 12.4. The van der Waals surface area contributed by atoms with E-state index in [4.69, 9.17) is 11.6 Å². The number of aliphatic hydroxyl groups is 1. The standard InChI is InChI=1S/C15H14ClFO/c1-10-8-12(4-7-14(10)17)15(18)9-11-2-5-13(16)6-3-11/h2-8,15,18H,9H2,1H3. The van der Waals surface area contributed by atoms with Gasteiger partial charge in [-0.05, 0) is 41.8 Å². The Bertz CT molecular complexity index is 537. The third kappa shape index (κ3) is 3.09. The highest BCUT2D eigenvalue weighted by Gasteiger charge is 2.10. The van der Waals surface area contributed by atoms with Crippen LogP contribution in [0.15, 0.2) is 42.5 Å². The first-order chi connectivity index (χ1) is 8.56. The van der Waals surface area contributed by atoms with Crippen molar-refractivity contribution in [1.82, 2.24) is 0 Å². The van der Waals surface area contributed by atoms with Crippen LogP contribution in [0, 0.1) is 12.7 Å². The maximum atomic E-state index is 13.1. The van der Waals surface area contributed by atoms with Gasteiger partial charge in [-0.2, -0.15) is 0 Å². The topological polar surface area (TPSA) is 20.2 Å².